The van der Waals surface area contributed by atoms with Crippen molar-refractivity contribution < 1.29 is 22.7 Å². The van der Waals surface area contributed by atoms with Gasteiger partial charge in [-0.2, -0.15) is 13.2 Å². The first-order valence-corrected chi connectivity index (χ1v) is 10.4. The second-order valence-corrected chi connectivity index (χ2v) is 7.69. The lowest BCUT2D eigenvalue weighted by molar-refractivity contribution is -0.137. The molecule has 1 aliphatic rings. The van der Waals surface area contributed by atoms with E-state index in [1.165, 1.54) is 12.3 Å². The van der Waals surface area contributed by atoms with Gasteiger partial charge in [-0.15, -0.1) is 0 Å². The van der Waals surface area contributed by atoms with E-state index in [4.69, 9.17) is 4.74 Å². The van der Waals surface area contributed by atoms with Gasteiger partial charge >= 0.3 is 6.18 Å². The van der Waals surface area contributed by atoms with Gasteiger partial charge in [-0.3, -0.25) is 9.78 Å². The van der Waals surface area contributed by atoms with E-state index in [-0.39, 0.29) is 18.4 Å². The number of rotatable bonds is 5. The Morgan fingerprint density at radius 2 is 1.91 bits per heavy atom. The minimum atomic E-state index is -4.42. The van der Waals surface area contributed by atoms with E-state index in [1.807, 2.05) is 18.2 Å². The zero-order valence-electron chi connectivity index (χ0n) is 17.3. The Morgan fingerprint density at radius 3 is 2.69 bits per heavy atom. The maximum Gasteiger partial charge on any atom is 0.416 e. The number of carbonyl (C=O) groups is 1. The second kappa shape index (κ2) is 9.38. The minimum absolute atomic E-state index is 0.0392. The van der Waals surface area contributed by atoms with Crippen LogP contribution in [0.1, 0.15) is 30.0 Å². The number of ether oxygens (including phenoxy) is 1. The molecule has 8 heteroatoms. The summed E-state index contributed by atoms with van der Waals surface area (Å²) in [7, 11) is 0. The monoisotopic (exact) mass is 441 g/mol. The summed E-state index contributed by atoms with van der Waals surface area (Å²) >= 11 is 0. The summed E-state index contributed by atoms with van der Waals surface area (Å²) in [5.74, 6) is 0.484. The average Bonchev–Trinajstić information content (AvgIpc) is 2.83. The lowest BCUT2D eigenvalue weighted by Crippen LogP contribution is -2.41. The van der Waals surface area contributed by atoms with Crippen LogP contribution in [0.25, 0.3) is 11.3 Å². The molecule has 2 heterocycles. The number of para-hydroxylation sites is 1. The lowest BCUT2D eigenvalue weighted by atomic mass is 9.94. The third kappa shape index (κ3) is 5.25. The smallest absolute Gasteiger partial charge is 0.416 e. The fourth-order valence-electron chi connectivity index (χ4n) is 3.77. The van der Waals surface area contributed by atoms with Crippen LogP contribution in [0.4, 0.5) is 13.2 Å². The van der Waals surface area contributed by atoms with Gasteiger partial charge in [-0.1, -0.05) is 30.3 Å². The van der Waals surface area contributed by atoms with E-state index in [2.05, 4.69) is 9.97 Å². The van der Waals surface area contributed by atoms with Gasteiger partial charge < -0.3 is 9.64 Å². The van der Waals surface area contributed by atoms with Gasteiger partial charge in [0.25, 0.3) is 5.91 Å². The number of carbonyl (C=O) groups excluding carboxylic acids is 1. The number of hydrogen-bond donors (Lipinski definition) is 0. The molecule has 1 aliphatic heterocycles. The van der Waals surface area contributed by atoms with Gasteiger partial charge in [0.05, 0.1) is 23.1 Å². The molecule has 0 bridgehead atoms. The second-order valence-electron chi connectivity index (χ2n) is 7.69. The Labute approximate surface area is 183 Å². The van der Waals surface area contributed by atoms with Gasteiger partial charge in [0, 0.05) is 30.8 Å². The first kappa shape index (κ1) is 21.8. The summed E-state index contributed by atoms with van der Waals surface area (Å²) < 4.78 is 44.7. The number of nitrogens with zero attached hydrogens (tertiary/aromatic N) is 3. The molecule has 0 aliphatic carbocycles. The van der Waals surface area contributed by atoms with E-state index >= 15 is 0 Å². The number of alkyl halides is 3. The first-order chi connectivity index (χ1) is 15.4. The van der Waals surface area contributed by atoms with Crippen LogP contribution in [0.2, 0.25) is 0 Å². The normalized spacial score (nSPS) is 16.6. The molecule has 0 unspecified atom stereocenters. The molecule has 0 N–H and O–H groups in total. The van der Waals surface area contributed by atoms with E-state index in [9.17, 15) is 18.0 Å². The maximum atomic E-state index is 13.1. The summed E-state index contributed by atoms with van der Waals surface area (Å²) in [4.78, 5) is 23.2. The Hall–Kier alpha value is -3.42. The average molecular weight is 441 g/mol. The van der Waals surface area contributed by atoms with Crippen molar-refractivity contribution in [3.8, 4) is 17.0 Å². The van der Waals surface area contributed by atoms with Gasteiger partial charge in [0.2, 0.25) is 0 Å². The molecule has 1 amide bonds. The first-order valence-electron chi connectivity index (χ1n) is 10.4. The molecule has 3 aromatic rings. The van der Waals surface area contributed by atoms with E-state index in [0.717, 1.165) is 25.0 Å². The largest absolute Gasteiger partial charge is 0.484 e. The number of aromatic nitrogens is 2. The van der Waals surface area contributed by atoms with Crippen LogP contribution in [0, 0.1) is 0 Å². The van der Waals surface area contributed by atoms with Crippen molar-refractivity contribution in [3.05, 3.63) is 78.2 Å². The summed E-state index contributed by atoms with van der Waals surface area (Å²) in [6, 6.07) is 14.2. The van der Waals surface area contributed by atoms with Crippen molar-refractivity contribution in [1.29, 1.82) is 0 Å². The number of hydrogen-bond acceptors (Lipinski definition) is 4. The topological polar surface area (TPSA) is 55.3 Å². The highest BCUT2D eigenvalue weighted by molar-refractivity contribution is 5.78. The van der Waals surface area contributed by atoms with Crippen LogP contribution < -0.4 is 4.74 Å². The number of halogens is 3. The van der Waals surface area contributed by atoms with Crippen LogP contribution in [0.15, 0.2) is 67.0 Å². The van der Waals surface area contributed by atoms with Crippen molar-refractivity contribution >= 4 is 5.91 Å². The molecule has 5 nitrogen and oxygen atoms in total. The number of amides is 1. The van der Waals surface area contributed by atoms with E-state index < -0.39 is 11.7 Å². The van der Waals surface area contributed by atoms with E-state index in [1.54, 1.807) is 29.3 Å². The molecule has 0 saturated carbocycles. The van der Waals surface area contributed by atoms with Crippen LogP contribution in [-0.4, -0.2) is 40.5 Å². The lowest BCUT2D eigenvalue weighted by Gasteiger charge is -2.32. The molecule has 166 valence electrons. The van der Waals surface area contributed by atoms with Crippen LogP contribution >= 0.6 is 0 Å². The number of piperidine rings is 1. The third-order valence-corrected chi connectivity index (χ3v) is 5.44. The summed E-state index contributed by atoms with van der Waals surface area (Å²) in [5, 5.41) is 0. The third-order valence-electron chi connectivity index (χ3n) is 5.44. The molecule has 0 spiro atoms. The van der Waals surface area contributed by atoms with Crippen LogP contribution in [0.5, 0.6) is 5.75 Å². The summed E-state index contributed by atoms with van der Waals surface area (Å²) in [6.45, 7) is 1.05. The van der Waals surface area contributed by atoms with Crippen molar-refractivity contribution in [2.24, 2.45) is 0 Å². The van der Waals surface area contributed by atoms with Gasteiger partial charge in [-0.05, 0) is 37.1 Å². The predicted octanol–water partition coefficient (Wildman–Crippen LogP) is 4.95. The Kier molecular flexibility index (Phi) is 6.39. The highest BCUT2D eigenvalue weighted by Gasteiger charge is 2.31. The van der Waals surface area contributed by atoms with Gasteiger partial charge in [-0.25, -0.2) is 4.98 Å². The fourth-order valence-corrected chi connectivity index (χ4v) is 3.77. The van der Waals surface area contributed by atoms with Gasteiger partial charge in [0.15, 0.2) is 6.61 Å². The molecule has 1 fully saturated rings. The van der Waals surface area contributed by atoms with Crippen LogP contribution in [0.3, 0.4) is 0 Å². The zero-order chi connectivity index (χ0) is 22.6. The molecule has 1 aromatic heterocycles. The number of likely N-dealkylation sites (tertiary alicyclic amines) is 1. The SMILES string of the molecule is O=C(COc1ccccc1)N1CCC[C@H](c2cncc(-c3cccc(C(F)(F)F)c3)n2)C1. The predicted molar refractivity (Wildman–Crippen MR) is 113 cm³/mol. The van der Waals surface area contributed by atoms with Gasteiger partial charge in [0.1, 0.15) is 5.75 Å². The minimum Gasteiger partial charge on any atom is -0.484 e. The van der Waals surface area contributed by atoms with Crippen molar-refractivity contribution in [2.75, 3.05) is 19.7 Å². The Balaban J connectivity index is 1.45. The van der Waals surface area contributed by atoms with Crippen LogP contribution in [-0.2, 0) is 11.0 Å². The van der Waals surface area contributed by atoms with Crippen molar-refractivity contribution in [2.45, 2.75) is 24.9 Å². The fraction of sp³-hybridized carbons (Fsp3) is 0.292. The molecule has 32 heavy (non-hydrogen) atoms. The summed E-state index contributed by atoms with van der Waals surface area (Å²) in [6.07, 6.45) is 0.281. The molecular weight excluding hydrogens is 419 g/mol. The zero-order valence-corrected chi connectivity index (χ0v) is 17.3. The standard InChI is InChI=1S/C24H22F3N3O2/c25-24(26,27)19-8-4-6-17(12-19)21-13-28-14-22(29-21)18-7-5-11-30(15-18)23(31)16-32-20-9-2-1-3-10-20/h1-4,6,8-10,12-14,18H,5,7,11,15-16H2/t18-/m0/s1. The van der Waals surface area contributed by atoms with Crippen molar-refractivity contribution in [1.82, 2.24) is 14.9 Å². The highest BCUT2D eigenvalue weighted by atomic mass is 19.4. The number of benzene rings is 2. The Morgan fingerprint density at radius 1 is 1.09 bits per heavy atom. The molecular formula is C24H22F3N3O2. The molecule has 0 radical (unpaired) electrons. The molecule has 1 saturated heterocycles. The molecule has 2 aromatic carbocycles. The molecule has 4 rings (SSSR count). The Bertz CT molecular complexity index is 1070. The van der Waals surface area contributed by atoms with Crippen molar-refractivity contribution in [3.63, 3.8) is 0 Å². The van der Waals surface area contributed by atoms with E-state index in [0.29, 0.717) is 35.8 Å². The highest BCUT2D eigenvalue weighted by Crippen LogP contribution is 2.32. The quantitative estimate of drug-likeness (QED) is 0.562. The summed E-state index contributed by atoms with van der Waals surface area (Å²) in [5.41, 5.74) is 0.676. The molecule has 1 atom stereocenters. The maximum absolute atomic E-state index is 13.1.